The van der Waals surface area contributed by atoms with Crippen LogP contribution in [0.2, 0.25) is 0 Å². The van der Waals surface area contributed by atoms with Gasteiger partial charge in [-0.25, -0.2) is 4.90 Å². The molecule has 1 N–H and O–H groups in total. The Morgan fingerprint density at radius 3 is 2.44 bits per heavy atom. The predicted molar refractivity (Wildman–Crippen MR) is 95.0 cm³/mol. The molecule has 6 nitrogen and oxygen atoms in total. The van der Waals surface area contributed by atoms with Gasteiger partial charge in [-0.15, -0.1) is 0 Å². The third-order valence-corrected chi connectivity index (χ3v) is 4.06. The van der Waals surface area contributed by atoms with Crippen molar-refractivity contribution in [2.75, 3.05) is 24.4 Å². The van der Waals surface area contributed by atoms with Crippen molar-refractivity contribution in [2.45, 2.75) is 0 Å². The van der Waals surface area contributed by atoms with Gasteiger partial charge in [-0.3, -0.25) is 9.59 Å². The second-order valence-electron chi connectivity index (χ2n) is 5.16. The van der Waals surface area contributed by atoms with Gasteiger partial charge in [0.25, 0.3) is 11.8 Å². The van der Waals surface area contributed by atoms with E-state index in [1.807, 2.05) is 0 Å². The van der Waals surface area contributed by atoms with E-state index < -0.39 is 11.8 Å². The number of methoxy groups -OCH3 is 2. The van der Waals surface area contributed by atoms with Crippen LogP contribution in [0.3, 0.4) is 0 Å². The maximum atomic E-state index is 12.7. The maximum Gasteiger partial charge on any atom is 0.283 e. The van der Waals surface area contributed by atoms with Gasteiger partial charge in [0, 0.05) is 6.07 Å². The molecule has 1 aliphatic rings. The van der Waals surface area contributed by atoms with Crippen LogP contribution in [0.25, 0.3) is 0 Å². The number of carbonyl (C=O) groups excluding carboxylic acids is 2. The normalized spacial score (nSPS) is 14.1. The number of para-hydroxylation sites is 2. The summed E-state index contributed by atoms with van der Waals surface area (Å²) in [6.07, 6.45) is 0. The Balaban J connectivity index is 1.94. The van der Waals surface area contributed by atoms with E-state index in [4.69, 9.17) is 21.1 Å². The fourth-order valence-electron chi connectivity index (χ4n) is 2.48. The molecular formula is C18H15ClN2O4. The lowest BCUT2D eigenvalue weighted by molar-refractivity contribution is -0.120. The number of hydrogen-bond donors (Lipinski definition) is 1. The number of amides is 2. The van der Waals surface area contributed by atoms with Crippen LogP contribution in [0.15, 0.2) is 59.3 Å². The summed E-state index contributed by atoms with van der Waals surface area (Å²) >= 11 is 6.12. The van der Waals surface area contributed by atoms with Crippen molar-refractivity contribution < 1.29 is 19.1 Å². The van der Waals surface area contributed by atoms with Crippen molar-refractivity contribution >= 4 is 34.8 Å². The number of imide groups is 1. The molecule has 3 rings (SSSR count). The van der Waals surface area contributed by atoms with Gasteiger partial charge in [0.2, 0.25) is 0 Å². The van der Waals surface area contributed by atoms with Gasteiger partial charge >= 0.3 is 0 Å². The molecule has 0 unspecified atom stereocenters. The molecule has 0 spiro atoms. The second-order valence-corrected chi connectivity index (χ2v) is 5.54. The summed E-state index contributed by atoms with van der Waals surface area (Å²) in [5.41, 5.74) is 0.912. The van der Waals surface area contributed by atoms with Gasteiger partial charge in [-0.1, -0.05) is 29.8 Å². The summed E-state index contributed by atoms with van der Waals surface area (Å²) < 4.78 is 10.4. The zero-order valence-electron chi connectivity index (χ0n) is 13.6. The number of carbonyl (C=O) groups is 2. The van der Waals surface area contributed by atoms with Crippen LogP contribution in [-0.4, -0.2) is 26.0 Å². The highest BCUT2D eigenvalue weighted by Crippen LogP contribution is 2.33. The fourth-order valence-corrected chi connectivity index (χ4v) is 2.69. The molecule has 0 aromatic heterocycles. The van der Waals surface area contributed by atoms with Gasteiger partial charge < -0.3 is 14.8 Å². The number of nitrogens with zero attached hydrogens (tertiary/aromatic N) is 1. The van der Waals surface area contributed by atoms with Crippen LogP contribution in [0.4, 0.5) is 11.4 Å². The van der Waals surface area contributed by atoms with E-state index in [1.54, 1.807) is 48.5 Å². The molecule has 7 heteroatoms. The SMILES string of the molecule is COc1cccc(N2C(=O)C(Cl)=C(Nc3ccccc3OC)C2=O)c1. The van der Waals surface area contributed by atoms with Crippen LogP contribution >= 0.6 is 11.6 Å². The Morgan fingerprint density at radius 1 is 0.960 bits per heavy atom. The minimum Gasteiger partial charge on any atom is -0.497 e. The summed E-state index contributed by atoms with van der Waals surface area (Å²) in [7, 11) is 3.02. The molecule has 1 heterocycles. The third kappa shape index (κ3) is 3.04. The smallest absolute Gasteiger partial charge is 0.283 e. The Hall–Kier alpha value is -2.99. The lowest BCUT2D eigenvalue weighted by Crippen LogP contribution is -2.32. The van der Waals surface area contributed by atoms with Crippen LogP contribution in [0, 0.1) is 0 Å². The van der Waals surface area contributed by atoms with Crippen LogP contribution in [-0.2, 0) is 9.59 Å². The zero-order chi connectivity index (χ0) is 18.0. The molecule has 0 radical (unpaired) electrons. The molecule has 0 bridgehead atoms. The highest BCUT2D eigenvalue weighted by Gasteiger charge is 2.39. The topological polar surface area (TPSA) is 67.9 Å². The Kier molecular flexibility index (Phi) is 4.63. The van der Waals surface area contributed by atoms with Gasteiger partial charge in [-0.05, 0) is 24.3 Å². The number of halogens is 1. The minimum atomic E-state index is -0.600. The van der Waals surface area contributed by atoms with Gasteiger partial charge in [0.1, 0.15) is 22.2 Å². The van der Waals surface area contributed by atoms with Crippen LogP contribution in [0.1, 0.15) is 0 Å². The first-order valence-electron chi connectivity index (χ1n) is 7.39. The van der Waals surface area contributed by atoms with E-state index in [0.29, 0.717) is 22.9 Å². The van der Waals surface area contributed by atoms with Crippen molar-refractivity contribution in [1.29, 1.82) is 0 Å². The van der Waals surface area contributed by atoms with Crippen LogP contribution in [0.5, 0.6) is 11.5 Å². The van der Waals surface area contributed by atoms with E-state index in [9.17, 15) is 9.59 Å². The summed E-state index contributed by atoms with van der Waals surface area (Å²) in [6, 6.07) is 13.7. The number of hydrogen-bond acceptors (Lipinski definition) is 5. The Morgan fingerprint density at radius 2 is 1.72 bits per heavy atom. The highest BCUT2D eigenvalue weighted by molar-refractivity contribution is 6.53. The van der Waals surface area contributed by atoms with E-state index in [-0.39, 0.29) is 10.7 Å². The fraction of sp³-hybridized carbons (Fsp3) is 0.111. The van der Waals surface area contributed by atoms with E-state index >= 15 is 0 Å². The number of benzene rings is 2. The molecule has 2 aromatic rings. The molecule has 1 aliphatic heterocycles. The van der Waals surface area contributed by atoms with Crippen LogP contribution < -0.4 is 19.7 Å². The molecule has 25 heavy (non-hydrogen) atoms. The van der Waals surface area contributed by atoms with E-state index in [1.165, 1.54) is 14.2 Å². The third-order valence-electron chi connectivity index (χ3n) is 3.71. The highest BCUT2D eigenvalue weighted by atomic mass is 35.5. The van der Waals surface area contributed by atoms with E-state index in [2.05, 4.69) is 5.32 Å². The maximum absolute atomic E-state index is 12.7. The molecular weight excluding hydrogens is 344 g/mol. The second kappa shape index (κ2) is 6.86. The number of rotatable bonds is 5. The lowest BCUT2D eigenvalue weighted by Gasteiger charge is -2.16. The van der Waals surface area contributed by atoms with Crippen molar-refractivity contribution in [3.8, 4) is 11.5 Å². The Bertz CT molecular complexity index is 879. The number of anilines is 2. The van der Waals surface area contributed by atoms with Crippen molar-refractivity contribution in [1.82, 2.24) is 0 Å². The average Bonchev–Trinajstić information content (AvgIpc) is 2.85. The zero-order valence-corrected chi connectivity index (χ0v) is 14.3. The molecule has 0 fully saturated rings. The van der Waals surface area contributed by atoms with Crippen molar-refractivity contribution in [2.24, 2.45) is 0 Å². The average molecular weight is 359 g/mol. The quantitative estimate of drug-likeness (QED) is 0.832. The molecule has 0 atom stereocenters. The summed E-state index contributed by atoms with van der Waals surface area (Å²) in [6.45, 7) is 0. The van der Waals surface area contributed by atoms with Crippen molar-refractivity contribution in [3.05, 3.63) is 59.3 Å². The number of ether oxygens (including phenoxy) is 2. The first-order valence-corrected chi connectivity index (χ1v) is 7.77. The molecule has 0 saturated heterocycles. The minimum absolute atomic E-state index is 0.000938. The molecule has 0 aliphatic carbocycles. The summed E-state index contributed by atoms with van der Waals surface area (Å²) in [4.78, 5) is 26.2. The van der Waals surface area contributed by atoms with Gasteiger partial charge in [0.15, 0.2) is 0 Å². The van der Waals surface area contributed by atoms with E-state index in [0.717, 1.165) is 4.90 Å². The molecule has 0 saturated carbocycles. The number of nitrogens with one attached hydrogen (secondary N) is 1. The monoisotopic (exact) mass is 358 g/mol. The molecule has 128 valence electrons. The standard InChI is InChI=1S/C18H15ClN2O4/c1-24-12-7-5-6-11(10-12)21-17(22)15(19)16(18(21)23)20-13-8-3-4-9-14(13)25-2/h3-10,20H,1-2H3. The molecule has 2 aromatic carbocycles. The first-order chi connectivity index (χ1) is 12.1. The lowest BCUT2D eigenvalue weighted by atomic mass is 10.2. The van der Waals surface area contributed by atoms with Crippen molar-refractivity contribution in [3.63, 3.8) is 0 Å². The first kappa shape index (κ1) is 16.9. The predicted octanol–water partition coefficient (Wildman–Crippen LogP) is 3.14. The van der Waals surface area contributed by atoms with Gasteiger partial charge in [-0.2, -0.15) is 0 Å². The molecule has 2 amide bonds. The summed E-state index contributed by atoms with van der Waals surface area (Å²) in [5, 5.41) is 2.72. The largest absolute Gasteiger partial charge is 0.497 e. The Labute approximate surface area is 149 Å². The summed E-state index contributed by atoms with van der Waals surface area (Å²) in [5.74, 6) is -0.0913. The van der Waals surface area contributed by atoms with Gasteiger partial charge in [0.05, 0.1) is 25.6 Å².